The van der Waals surface area contributed by atoms with Crippen molar-refractivity contribution in [2.75, 3.05) is 11.1 Å². The Morgan fingerprint density at radius 1 is 1.37 bits per heavy atom. The van der Waals surface area contributed by atoms with Crippen LogP contribution in [0.3, 0.4) is 0 Å². The third-order valence-electron chi connectivity index (χ3n) is 4.15. The van der Waals surface area contributed by atoms with Crippen LogP contribution in [0.15, 0.2) is 6.20 Å². The third-order valence-corrected chi connectivity index (χ3v) is 4.15. The number of aromatic amines is 1. The molecule has 0 amide bonds. The van der Waals surface area contributed by atoms with Crippen molar-refractivity contribution in [2.45, 2.75) is 45.6 Å². The molecule has 1 atom stereocenters. The fourth-order valence-electron chi connectivity index (χ4n) is 2.89. The van der Waals surface area contributed by atoms with E-state index in [4.69, 9.17) is 5.73 Å². The molecule has 0 radical (unpaired) electrons. The topological polar surface area (TPSA) is 92.5 Å². The smallest absolute Gasteiger partial charge is 0.224 e. The molecular formula is C13H20N6. The molecule has 1 unspecified atom stereocenters. The number of aromatic nitrogens is 4. The summed E-state index contributed by atoms with van der Waals surface area (Å²) in [7, 11) is 0. The van der Waals surface area contributed by atoms with E-state index in [1.54, 1.807) is 6.20 Å². The van der Waals surface area contributed by atoms with Gasteiger partial charge >= 0.3 is 0 Å². The van der Waals surface area contributed by atoms with E-state index < -0.39 is 0 Å². The average molecular weight is 260 g/mol. The molecule has 2 heterocycles. The molecule has 4 N–H and O–H groups in total. The standard InChI is InChI=1S/C13H20N6/c1-13(2)6-4-3-5-9(13)16-10-8-7-15-19-11(8)18-12(14)17-10/h7,9H,3-6H2,1-2H3,(H4,14,15,16,17,18,19). The van der Waals surface area contributed by atoms with Crippen molar-refractivity contribution in [1.82, 2.24) is 20.2 Å². The Morgan fingerprint density at radius 2 is 2.21 bits per heavy atom. The number of fused-ring (bicyclic) bond motifs is 1. The van der Waals surface area contributed by atoms with E-state index >= 15 is 0 Å². The number of hydrogen-bond acceptors (Lipinski definition) is 5. The molecule has 2 aromatic heterocycles. The number of anilines is 2. The molecule has 0 aliphatic heterocycles. The number of H-pyrrole nitrogens is 1. The molecule has 3 rings (SSSR count). The maximum Gasteiger partial charge on any atom is 0.224 e. The Bertz CT molecular complexity index is 588. The minimum Gasteiger partial charge on any atom is -0.368 e. The van der Waals surface area contributed by atoms with E-state index in [-0.39, 0.29) is 11.4 Å². The van der Waals surface area contributed by atoms with E-state index in [0.717, 1.165) is 17.6 Å². The second-order valence-electron chi connectivity index (χ2n) is 5.99. The summed E-state index contributed by atoms with van der Waals surface area (Å²) in [6.07, 6.45) is 6.71. The summed E-state index contributed by atoms with van der Waals surface area (Å²) < 4.78 is 0. The largest absolute Gasteiger partial charge is 0.368 e. The average Bonchev–Trinajstić information content (AvgIpc) is 2.79. The first-order chi connectivity index (χ1) is 9.06. The Kier molecular flexibility index (Phi) is 2.80. The highest BCUT2D eigenvalue weighted by molar-refractivity contribution is 5.86. The Morgan fingerprint density at radius 3 is 3.00 bits per heavy atom. The Balaban J connectivity index is 1.94. The first kappa shape index (κ1) is 12.2. The molecule has 2 aromatic rings. The highest BCUT2D eigenvalue weighted by Crippen LogP contribution is 2.37. The fourth-order valence-corrected chi connectivity index (χ4v) is 2.89. The van der Waals surface area contributed by atoms with Crippen LogP contribution in [0, 0.1) is 5.41 Å². The van der Waals surface area contributed by atoms with Gasteiger partial charge in [-0.1, -0.05) is 26.7 Å². The van der Waals surface area contributed by atoms with Crippen LogP contribution in [0.5, 0.6) is 0 Å². The lowest BCUT2D eigenvalue weighted by Gasteiger charge is -2.39. The van der Waals surface area contributed by atoms with Crippen molar-refractivity contribution >= 4 is 22.8 Å². The van der Waals surface area contributed by atoms with Gasteiger partial charge in [-0.25, -0.2) is 0 Å². The van der Waals surface area contributed by atoms with E-state index in [1.165, 1.54) is 19.3 Å². The van der Waals surface area contributed by atoms with Crippen LogP contribution in [0.2, 0.25) is 0 Å². The minimum absolute atomic E-state index is 0.271. The van der Waals surface area contributed by atoms with Gasteiger partial charge in [0.2, 0.25) is 5.95 Å². The maximum atomic E-state index is 5.75. The van der Waals surface area contributed by atoms with Gasteiger partial charge in [0.1, 0.15) is 5.82 Å². The van der Waals surface area contributed by atoms with Crippen molar-refractivity contribution in [2.24, 2.45) is 5.41 Å². The highest BCUT2D eigenvalue weighted by Gasteiger charge is 2.32. The SMILES string of the molecule is CC1(C)CCCCC1Nc1nc(N)nc2[nH]ncc12. The van der Waals surface area contributed by atoms with Gasteiger partial charge in [0.25, 0.3) is 0 Å². The molecule has 0 saturated heterocycles. The minimum atomic E-state index is 0.271. The van der Waals surface area contributed by atoms with Crippen molar-refractivity contribution in [1.29, 1.82) is 0 Å². The van der Waals surface area contributed by atoms with Gasteiger partial charge in [-0.15, -0.1) is 0 Å². The number of nitrogen functional groups attached to an aromatic ring is 1. The molecule has 6 nitrogen and oxygen atoms in total. The number of nitrogens with one attached hydrogen (secondary N) is 2. The summed E-state index contributed by atoms with van der Waals surface area (Å²) in [4.78, 5) is 8.46. The van der Waals surface area contributed by atoms with Crippen LogP contribution >= 0.6 is 0 Å². The molecule has 6 heteroatoms. The van der Waals surface area contributed by atoms with Crippen LogP contribution in [0.4, 0.5) is 11.8 Å². The van der Waals surface area contributed by atoms with Gasteiger partial charge in [0.05, 0.1) is 11.6 Å². The zero-order chi connectivity index (χ0) is 13.5. The molecule has 19 heavy (non-hydrogen) atoms. The molecule has 0 spiro atoms. The molecule has 1 saturated carbocycles. The van der Waals surface area contributed by atoms with Crippen molar-refractivity contribution < 1.29 is 0 Å². The summed E-state index contributed by atoms with van der Waals surface area (Å²) in [5.41, 5.74) is 6.70. The van der Waals surface area contributed by atoms with E-state index in [0.29, 0.717) is 11.7 Å². The number of nitrogens with two attached hydrogens (primary N) is 1. The van der Waals surface area contributed by atoms with Crippen LogP contribution in [-0.2, 0) is 0 Å². The normalized spacial score (nSPS) is 22.5. The van der Waals surface area contributed by atoms with Gasteiger partial charge in [0.15, 0.2) is 5.65 Å². The lowest BCUT2D eigenvalue weighted by molar-refractivity contribution is 0.217. The van der Waals surface area contributed by atoms with Gasteiger partial charge < -0.3 is 11.1 Å². The second kappa shape index (κ2) is 4.36. The van der Waals surface area contributed by atoms with Crippen molar-refractivity contribution in [3.05, 3.63) is 6.20 Å². The molecular weight excluding hydrogens is 240 g/mol. The summed E-state index contributed by atoms with van der Waals surface area (Å²) in [5.74, 6) is 1.06. The molecule has 0 bridgehead atoms. The number of rotatable bonds is 2. The van der Waals surface area contributed by atoms with Crippen LogP contribution < -0.4 is 11.1 Å². The lowest BCUT2D eigenvalue weighted by Crippen LogP contribution is -2.39. The van der Waals surface area contributed by atoms with Gasteiger partial charge in [0, 0.05) is 6.04 Å². The van der Waals surface area contributed by atoms with Crippen LogP contribution in [-0.4, -0.2) is 26.2 Å². The predicted octanol–water partition coefficient (Wildman–Crippen LogP) is 2.32. The van der Waals surface area contributed by atoms with Crippen LogP contribution in [0.25, 0.3) is 11.0 Å². The van der Waals surface area contributed by atoms with E-state index in [1.807, 2.05) is 0 Å². The zero-order valence-corrected chi connectivity index (χ0v) is 11.4. The monoisotopic (exact) mass is 260 g/mol. The first-order valence-electron chi connectivity index (χ1n) is 6.79. The highest BCUT2D eigenvalue weighted by atomic mass is 15.2. The fraction of sp³-hybridized carbons (Fsp3) is 0.615. The molecule has 1 aliphatic rings. The third kappa shape index (κ3) is 2.22. The van der Waals surface area contributed by atoms with Crippen molar-refractivity contribution in [3.63, 3.8) is 0 Å². The summed E-state index contributed by atoms with van der Waals surface area (Å²) in [6.45, 7) is 4.61. The van der Waals surface area contributed by atoms with Crippen LogP contribution in [0.1, 0.15) is 39.5 Å². The van der Waals surface area contributed by atoms with E-state index in [2.05, 4.69) is 39.3 Å². The van der Waals surface area contributed by atoms with Gasteiger partial charge in [-0.05, 0) is 18.3 Å². The summed E-state index contributed by atoms with van der Waals surface area (Å²) >= 11 is 0. The quantitative estimate of drug-likeness (QED) is 0.770. The Hall–Kier alpha value is -1.85. The first-order valence-corrected chi connectivity index (χ1v) is 6.79. The van der Waals surface area contributed by atoms with E-state index in [9.17, 15) is 0 Å². The lowest BCUT2D eigenvalue weighted by atomic mass is 9.73. The maximum absolute atomic E-state index is 5.75. The predicted molar refractivity (Wildman–Crippen MR) is 75.8 cm³/mol. The zero-order valence-electron chi connectivity index (χ0n) is 11.4. The summed E-state index contributed by atoms with van der Waals surface area (Å²) in [5, 5.41) is 11.3. The number of nitrogens with zero attached hydrogens (tertiary/aromatic N) is 3. The summed E-state index contributed by atoms with van der Waals surface area (Å²) in [6, 6.07) is 0.411. The molecule has 0 aromatic carbocycles. The molecule has 1 aliphatic carbocycles. The second-order valence-corrected chi connectivity index (χ2v) is 5.99. The van der Waals surface area contributed by atoms with Crippen molar-refractivity contribution in [3.8, 4) is 0 Å². The molecule has 1 fully saturated rings. The number of hydrogen-bond donors (Lipinski definition) is 3. The molecule has 102 valence electrons. The van der Waals surface area contributed by atoms with Gasteiger partial charge in [-0.3, -0.25) is 5.10 Å². The Labute approximate surface area is 112 Å². The van der Waals surface area contributed by atoms with Gasteiger partial charge in [-0.2, -0.15) is 15.1 Å².